The van der Waals surface area contributed by atoms with Crippen LogP contribution in [0.15, 0.2) is 5.16 Å². The number of nitrogens with zero attached hydrogens (tertiary/aromatic N) is 1. The smallest absolute Gasteiger partial charge is 0.308 e. The zero-order valence-electron chi connectivity index (χ0n) is 8.66. The molecule has 0 aromatic carbocycles. The maximum absolute atomic E-state index is 11.3. The van der Waals surface area contributed by atoms with Gasteiger partial charge in [0.25, 0.3) is 0 Å². The molecular formula is C10H14BrNO3. The third kappa shape index (κ3) is 2.17. The first-order chi connectivity index (χ1) is 7.15. The third-order valence-electron chi connectivity index (χ3n) is 3.24. The molecule has 0 bridgehead atoms. The van der Waals surface area contributed by atoms with Crippen molar-refractivity contribution < 1.29 is 14.4 Å². The number of hydrogen-bond acceptors (Lipinski definition) is 4. The van der Waals surface area contributed by atoms with Crippen LogP contribution in [0.1, 0.15) is 32.1 Å². The average Bonchev–Trinajstić information content (AvgIpc) is 2.60. The number of methoxy groups -OCH3 is 1. The van der Waals surface area contributed by atoms with E-state index < -0.39 is 0 Å². The molecule has 84 valence electrons. The third-order valence-corrected chi connectivity index (χ3v) is 3.66. The van der Waals surface area contributed by atoms with Gasteiger partial charge in [0.05, 0.1) is 13.0 Å². The molecule has 1 aliphatic carbocycles. The highest BCUT2D eigenvalue weighted by atomic mass is 79.9. The topological polar surface area (TPSA) is 47.9 Å². The van der Waals surface area contributed by atoms with E-state index in [1.807, 2.05) is 0 Å². The van der Waals surface area contributed by atoms with Crippen LogP contribution >= 0.6 is 15.9 Å². The number of halogens is 1. The van der Waals surface area contributed by atoms with Crippen LogP contribution in [0.5, 0.6) is 0 Å². The van der Waals surface area contributed by atoms with Crippen molar-refractivity contribution in [3.05, 3.63) is 0 Å². The van der Waals surface area contributed by atoms with Gasteiger partial charge in [-0.2, -0.15) is 0 Å². The molecule has 1 aliphatic heterocycles. The van der Waals surface area contributed by atoms with Crippen molar-refractivity contribution in [2.24, 2.45) is 11.1 Å². The zero-order valence-corrected chi connectivity index (χ0v) is 10.2. The summed E-state index contributed by atoms with van der Waals surface area (Å²) in [5.74, 6) is -0.0496. The summed E-state index contributed by atoms with van der Waals surface area (Å²) in [6, 6.07) is 0. The minimum atomic E-state index is -0.149. The second-order valence-corrected chi connectivity index (χ2v) is 5.13. The van der Waals surface area contributed by atoms with Crippen LogP contribution in [0.3, 0.4) is 0 Å². The fraction of sp³-hybridized carbons (Fsp3) is 0.800. The first-order valence-corrected chi connectivity index (χ1v) is 5.93. The van der Waals surface area contributed by atoms with Crippen LogP contribution < -0.4 is 0 Å². The Balaban J connectivity index is 1.90. The summed E-state index contributed by atoms with van der Waals surface area (Å²) in [5, 5.41) is 3.92. The van der Waals surface area contributed by atoms with Gasteiger partial charge in [0.1, 0.15) is 10.2 Å². The molecule has 0 aromatic heterocycles. The highest BCUT2D eigenvalue weighted by molar-refractivity contribution is 9.18. The minimum absolute atomic E-state index is 0.0450. The summed E-state index contributed by atoms with van der Waals surface area (Å²) in [6.45, 7) is 0. The van der Waals surface area contributed by atoms with Crippen molar-refractivity contribution in [2.45, 2.75) is 37.7 Å². The molecule has 2 aliphatic rings. The van der Waals surface area contributed by atoms with Crippen molar-refractivity contribution in [1.82, 2.24) is 0 Å². The predicted octanol–water partition coefficient (Wildman–Crippen LogP) is 2.22. The number of rotatable bonds is 1. The van der Waals surface area contributed by atoms with Gasteiger partial charge in [-0.05, 0) is 41.6 Å². The summed E-state index contributed by atoms with van der Waals surface area (Å²) in [5.41, 5.74) is -0.149. The van der Waals surface area contributed by atoms with E-state index in [2.05, 4.69) is 21.1 Å². The normalized spacial score (nSPS) is 34.8. The lowest BCUT2D eigenvalue weighted by molar-refractivity contribution is -0.149. The van der Waals surface area contributed by atoms with Crippen LogP contribution in [0.2, 0.25) is 0 Å². The molecule has 0 saturated heterocycles. The lowest BCUT2D eigenvalue weighted by Crippen LogP contribution is -2.36. The van der Waals surface area contributed by atoms with Gasteiger partial charge < -0.3 is 9.57 Å². The number of esters is 1. The molecule has 0 amide bonds. The molecule has 0 atom stereocenters. The van der Waals surface area contributed by atoms with Crippen LogP contribution in [0.4, 0.5) is 0 Å². The van der Waals surface area contributed by atoms with Crippen molar-refractivity contribution in [3.63, 3.8) is 0 Å². The Morgan fingerprint density at radius 3 is 2.73 bits per heavy atom. The molecule has 4 nitrogen and oxygen atoms in total. The first-order valence-electron chi connectivity index (χ1n) is 5.14. The van der Waals surface area contributed by atoms with Gasteiger partial charge >= 0.3 is 5.97 Å². The SMILES string of the molecule is COC(=O)C1CCC2(CC1)CC(Br)=NO2. The Kier molecular flexibility index (Phi) is 3.00. The zero-order chi connectivity index (χ0) is 10.9. The fourth-order valence-electron chi connectivity index (χ4n) is 2.29. The molecule has 0 aromatic rings. The minimum Gasteiger partial charge on any atom is -0.469 e. The highest BCUT2D eigenvalue weighted by Gasteiger charge is 2.43. The molecular weight excluding hydrogens is 262 g/mol. The van der Waals surface area contributed by atoms with E-state index in [-0.39, 0.29) is 17.5 Å². The standard InChI is InChI=1S/C10H14BrNO3/c1-14-9(13)7-2-4-10(5-3-7)6-8(11)12-15-10/h7H,2-6H2,1H3. The van der Waals surface area contributed by atoms with E-state index in [1.54, 1.807) is 0 Å². The highest BCUT2D eigenvalue weighted by Crippen LogP contribution is 2.41. The molecule has 1 fully saturated rings. The molecule has 0 N–H and O–H groups in total. The molecule has 1 saturated carbocycles. The van der Waals surface area contributed by atoms with E-state index in [0.29, 0.717) is 0 Å². The van der Waals surface area contributed by atoms with Gasteiger partial charge in [0.15, 0.2) is 0 Å². The van der Waals surface area contributed by atoms with E-state index in [0.717, 1.165) is 36.7 Å². The largest absolute Gasteiger partial charge is 0.469 e. The molecule has 5 heteroatoms. The van der Waals surface area contributed by atoms with E-state index in [1.165, 1.54) is 7.11 Å². The Hall–Kier alpha value is -0.580. The maximum Gasteiger partial charge on any atom is 0.308 e. The van der Waals surface area contributed by atoms with Crippen LogP contribution in [0.25, 0.3) is 0 Å². The summed E-state index contributed by atoms with van der Waals surface area (Å²) in [7, 11) is 1.44. The van der Waals surface area contributed by atoms with Gasteiger partial charge in [0, 0.05) is 6.42 Å². The van der Waals surface area contributed by atoms with Crippen molar-refractivity contribution in [2.75, 3.05) is 7.11 Å². The molecule has 15 heavy (non-hydrogen) atoms. The number of ether oxygens (including phenoxy) is 1. The summed E-state index contributed by atoms with van der Waals surface area (Å²) < 4.78 is 5.62. The second kappa shape index (κ2) is 4.12. The van der Waals surface area contributed by atoms with E-state index in [9.17, 15) is 4.79 Å². The van der Waals surface area contributed by atoms with E-state index >= 15 is 0 Å². The first kappa shape index (κ1) is 10.9. The second-order valence-electron chi connectivity index (χ2n) is 4.22. The Morgan fingerprint density at radius 1 is 1.60 bits per heavy atom. The van der Waals surface area contributed by atoms with Gasteiger partial charge in [-0.15, -0.1) is 0 Å². The maximum atomic E-state index is 11.3. The monoisotopic (exact) mass is 275 g/mol. The van der Waals surface area contributed by atoms with Crippen LogP contribution in [-0.4, -0.2) is 23.3 Å². The summed E-state index contributed by atoms with van der Waals surface area (Å²) in [4.78, 5) is 16.8. The van der Waals surface area contributed by atoms with Gasteiger partial charge in [-0.1, -0.05) is 5.16 Å². The summed E-state index contributed by atoms with van der Waals surface area (Å²) >= 11 is 3.34. The van der Waals surface area contributed by atoms with Crippen molar-refractivity contribution >= 4 is 26.5 Å². The molecule has 1 spiro atoms. The Labute approximate surface area is 97.1 Å². The van der Waals surface area contributed by atoms with Crippen LogP contribution in [0, 0.1) is 5.92 Å². The predicted molar refractivity (Wildman–Crippen MR) is 58.8 cm³/mol. The van der Waals surface area contributed by atoms with Crippen molar-refractivity contribution in [1.29, 1.82) is 0 Å². The molecule has 0 unspecified atom stereocenters. The lowest BCUT2D eigenvalue weighted by atomic mass is 9.77. The number of hydrogen-bond donors (Lipinski definition) is 0. The van der Waals surface area contributed by atoms with Crippen LogP contribution in [-0.2, 0) is 14.4 Å². The van der Waals surface area contributed by atoms with Gasteiger partial charge in [-0.3, -0.25) is 4.79 Å². The van der Waals surface area contributed by atoms with Crippen molar-refractivity contribution in [3.8, 4) is 0 Å². The lowest BCUT2D eigenvalue weighted by Gasteiger charge is -2.33. The number of carbonyl (C=O) groups excluding carboxylic acids is 1. The molecule has 1 heterocycles. The summed E-state index contributed by atoms with van der Waals surface area (Å²) in [6.07, 6.45) is 4.27. The fourth-order valence-corrected chi connectivity index (χ4v) is 2.87. The average molecular weight is 276 g/mol. The Morgan fingerprint density at radius 2 is 2.27 bits per heavy atom. The molecule has 0 radical (unpaired) electrons. The number of oxime groups is 1. The Bertz CT molecular complexity index is 295. The number of carbonyl (C=O) groups is 1. The van der Waals surface area contributed by atoms with Gasteiger partial charge in [-0.25, -0.2) is 0 Å². The molecule has 2 rings (SSSR count). The quantitative estimate of drug-likeness (QED) is 0.690. The van der Waals surface area contributed by atoms with Gasteiger partial charge in [0.2, 0.25) is 0 Å². The van der Waals surface area contributed by atoms with E-state index in [4.69, 9.17) is 9.57 Å².